The molecule has 0 aliphatic rings. The summed E-state index contributed by atoms with van der Waals surface area (Å²) in [5, 5.41) is 0. The highest BCUT2D eigenvalue weighted by Crippen LogP contribution is 2.21. The second kappa shape index (κ2) is 15.7. The average Bonchev–Trinajstić information content (AvgIpc) is 2.79. The Bertz CT molecular complexity index is 692. The monoisotopic (exact) mass is 409 g/mol. The van der Waals surface area contributed by atoms with E-state index in [2.05, 4.69) is 55.2 Å². The predicted octanol–water partition coefficient (Wildman–Crippen LogP) is 7.40. The van der Waals surface area contributed by atoms with Crippen LogP contribution in [0.1, 0.15) is 70.8 Å². The molecule has 0 bridgehead atoms. The topological polar surface area (TPSA) is 31.4 Å². The number of aryl methyl sites for hydroxylation is 1. The molecule has 0 saturated carbocycles. The molecule has 2 rings (SSSR count). The first-order valence-electron chi connectivity index (χ1n) is 11.7. The van der Waals surface area contributed by atoms with Gasteiger partial charge in [-0.2, -0.15) is 0 Å². The maximum absolute atomic E-state index is 5.75. The summed E-state index contributed by atoms with van der Waals surface area (Å²) in [5.41, 5.74) is 3.52. The number of nitrogens with zero attached hydrogens (tertiary/aromatic N) is 1. The smallest absolute Gasteiger partial charge is 0.138 e. The number of unbranched alkanes of at least 4 members (excludes halogenated alkanes) is 5. The second-order valence-corrected chi connectivity index (χ2v) is 7.78. The van der Waals surface area contributed by atoms with Gasteiger partial charge in [-0.15, -0.1) is 0 Å². The maximum atomic E-state index is 5.75. The van der Waals surface area contributed by atoms with E-state index in [0.717, 1.165) is 55.9 Å². The van der Waals surface area contributed by atoms with Gasteiger partial charge < -0.3 is 9.47 Å². The van der Waals surface area contributed by atoms with Gasteiger partial charge in [0.05, 0.1) is 11.9 Å². The van der Waals surface area contributed by atoms with Crippen molar-refractivity contribution in [3.63, 3.8) is 0 Å². The summed E-state index contributed by atoms with van der Waals surface area (Å²) in [6.45, 7) is 6.76. The third-order valence-electron chi connectivity index (χ3n) is 5.08. The van der Waals surface area contributed by atoms with Gasteiger partial charge in [-0.1, -0.05) is 69.5 Å². The summed E-state index contributed by atoms with van der Waals surface area (Å²) < 4.78 is 11.3. The molecule has 1 heterocycles. The van der Waals surface area contributed by atoms with Crippen LogP contribution >= 0.6 is 0 Å². The number of hydrogen-bond acceptors (Lipinski definition) is 3. The lowest BCUT2D eigenvalue weighted by molar-refractivity contribution is 0.130. The van der Waals surface area contributed by atoms with Gasteiger partial charge in [0, 0.05) is 18.8 Å². The highest BCUT2D eigenvalue weighted by Gasteiger charge is 2.01. The molecule has 0 aliphatic heterocycles. The molecule has 0 N–H and O–H groups in total. The van der Waals surface area contributed by atoms with E-state index in [4.69, 9.17) is 9.47 Å². The Hall–Kier alpha value is -2.13. The van der Waals surface area contributed by atoms with Crippen molar-refractivity contribution in [3.05, 3.63) is 60.3 Å². The summed E-state index contributed by atoms with van der Waals surface area (Å²) in [4.78, 5) is 4.57. The molecule has 0 radical (unpaired) electrons. The van der Waals surface area contributed by atoms with E-state index in [-0.39, 0.29) is 0 Å². The van der Waals surface area contributed by atoms with Gasteiger partial charge in [-0.05, 0) is 56.2 Å². The van der Waals surface area contributed by atoms with E-state index in [9.17, 15) is 0 Å². The number of rotatable bonds is 16. The van der Waals surface area contributed by atoms with E-state index in [1.54, 1.807) is 0 Å². The largest absolute Gasteiger partial charge is 0.488 e. The fourth-order valence-electron chi connectivity index (χ4n) is 3.28. The van der Waals surface area contributed by atoms with Crippen molar-refractivity contribution in [1.82, 2.24) is 4.98 Å². The zero-order valence-electron chi connectivity index (χ0n) is 18.9. The minimum atomic E-state index is 0.604. The van der Waals surface area contributed by atoms with E-state index in [0.29, 0.717) is 6.61 Å². The third kappa shape index (κ3) is 10.1. The molecule has 3 nitrogen and oxygen atoms in total. The molecule has 3 heteroatoms. The van der Waals surface area contributed by atoms with E-state index in [1.807, 2.05) is 18.3 Å². The van der Waals surface area contributed by atoms with Crippen LogP contribution < -0.4 is 4.74 Å². The Balaban J connectivity index is 1.69. The van der Waals surface area contributed by atoms with Crippen LogP contribution in [-0.2, 0) is 11.2 Å². The Morgan fingerprint density at radius 2 is 1.67 bits per heavy atom. The number of hydrogen-bond donors (Lipinski definition) is 0. The van der Waals surface area contributed by atoms with Crippen molar-refractivity contribution >= 4 is 0 Å². The predicted molar refractivity (Wildman–Crippen MR) is 127 cm³/mol. The van der Waals surface area contributed by atoms with Crippen LogP contribution in [-0.4, -0.2) is 24.8 Å². The molecular weight excluding hydrogens is 370 g/mol. The van der Waals surface area contributed by atoms with Crippen LogP contribution in [0.3, 0.4) is 0 Å². The highest BCUT2D eigenvalue weighted by molar-refractivity contribution is 5.59. The highest BCUT2D eigenvalue weighted by atomic mass is 16.5. The molecular formula is C27H39NO2. The lowest BCUT2D eigenvalue weighted by Gasteiger charge is -2.07. The van der Waals surface area contributed by atoms with Crippen LogP contribution in [0.2, 0.25) is 0 Å². The van der Waals surface area contributed by atoms with Gasteiger partial charge in [-0.3, -0.25) is 4.98 Å². The quantitative estimate of drug-likeness (QED) is 0.214. The van der Waals surface area contributed by atoms with Crippen molar-refractivity contribution in [1.29, 1.82) is 0 Å². The Kier molecular flexibility index (Phi) is 12.6. The van der Waals surface area contributed by atoms with Crippen molar-refractivity contribution in [3.8, 4) is 17.0 Å². The number of pyridine rings is 1. The molecule has 0 aliphatic carbocycles. The first kappa shape index (κ1) is 24.1. The molecule has 0 fully saturated rings. The summed E-state index contributed by atoms with van der Waals surface area (Å²) in [5.74, 6) is 0.816. The summed E-state index contributed by atoms with van der Waals surface area (Å²) in [6.07, 6.45) is 16.9. The maximum Gasteiger partial charge on any atom is 0.138 e. The zero-order chi connectivity index (χ0) is 21.3. The van der Waals surface area contributed by atoms with E-state index < -0.39 is 0 Å². The van der Waals surface area contributed by atoms with Crippen molar-refractivity contribution in [2.45, 2.75) is 71.6 Å². The minimum absolute atomic E-state index is 0.604. The lowest BCUT2D eigenvalue weighted by Crippen LogP contribution is -1.96. The SMILES string of the molecule is CCCCC/C=C/COc1ccc(-c2ccc(CCCCCOCCC)cc2)nc1. The van der Waals surface area contributed by atoms with Gasteiger partial charge in [0.15, 0.2) is 0 Å². The number of ether oxygens (including phenoxy) is 2. The Morgan fingerprint density at radius 1 is 0.800 bits per heavy atom. The summed E-state index contributed by atoms with van der Waals surface area (Å²) in [6, 6.07) is 12.8. The fraction of sp³-hybridized carbons (Fsp3) is 0.519. The molecule has 1 aromatic heterocycles. The third-order valence-corrected chi connectivity index (χ3v) is 5.08. The molecule has 30 heavy (non-hydrogen) atoms. The van der Waals surface area contributed by atoms with Gasteiger partial charge in [0.2, 0.25) is 0 Å². The molecule has 0 saturated heterocycles. The van der Waals surface area contributed by atoms with Gasteiger partial charge in [0.1, 0.15) is 12.4 Å². The zero-order valence-corrected chi connectivity index (χ0v) is 18.9. The van der Waals surface area contributed by atoms with Crippen LogP contribution in [0.4, 0.5) is 0 Å². The summed E-state index contributed by atoms with van der Waals surface area (Å²) >= 11 is 0. The van der Waals surface area contributed by atoms with Crippen LogP contribution in [0.15, 0.2) is 54.7 Å². The van der Waals surface area contributed by atoms with Crippen molar-refractivity contribution < 1.29 is 9.47 Å². The number of allylic oxidation sites excluding steroid dienone is 1. The molecule has 0 amide bonds. The second-order valence-electron chi connectivity index (χ2n) is 7.78. The molecule has 2 aromatic rings. The van der Waals surface area contributed by atoms with Crippen LogP contribution in [0.25, 0.3) is 11.3 Å². The molecule has 0 atom stereocenters. The number of aromatic nitrogens is 1. The van der Waals surface area contributed by atoms with Crippen molar-refractivity contribution in [2.24, 2.45) is 0 Å². The van der Waals surface area contributed by atoms with Gasteiger partial charge >= 0.3 is 0 Å². The van der Waals surface area contributed by atoms with Gasteiger partial charge in [0.25, 0.3) is 0 Å². The first-order valence-corrected chi connectivity index (χ1v) is 11.7. The van der Waals surface area contributed by atoms with Crippen LogP contribution in [0, 0.1) is 0 Å². The molecule has 1 aromatic carbocycles. The lowest BCUT2D eigenvalue weighted by atomic mass is 10.0. The summed E-state index contributed by atoms with van der Waals surface area (Å²) in [7, 11) is 0. The van der Waals surface area contributed by atoms with Gasteiger partial charge in [-0.25, -0.2) is 0 Å². The fourth-order valence-corrected chi connectivity index (χ4v) is 3.28. The first-order chi connectivity index (χ1) is 14.8. The van der Waals surface area contributed by atoms with Crippen molar-refractivity contribution in [2.75, 3.05) is 19.8 Å². The Labute approximate surface area is 183 Å². The Morgan fingerprint density at radius 3 is 2.40 bits per heavy atom. The van der Waals surface area contributed by atoms with Crippen LogP contribution in [0.5, 0.6) is 5.75 Å². The molecule has 164 valence electrons. The standard InChI is InChI=1S/C27H39NO2/c1-3-5-6-7-8-12-22-30-26-18-19-27(28-23-26)25-16-14-24(15-17-25)13-10-9-11-21-29-20-4-2/h8,12,14-19,23H,3-7,9-11,13,20-22H2,1-2H3/b12-8+. The average molecular weight is 410 g/mol. The normalized spacial score (nSPS) is 11.3. The van der Waals surface area contributed by atoms with E-state index in [1.165, 1.54) is 37.7 Å². The molecule has 0 spiro atoms. The molecule has 0 unspecified atom stereocenters. The minimum Gasteiger partial charge on any atom is -0.488 e. The van der Waals surface area contributed by atoms with E-state index >= 15 is 0 Å². The number of benzene rings is 1.